The summed E-state index contributed by atoms with van der Waals surface area (Å²) in [5, 5.41) is 10.3. The van der Waals surface area contributed by atoms with Gasteiger partial charge in [-0.15, -0.1) is 0 Å². The second kappa shape index (κ2) is 63.5. The maximum atomic E-state index is 11.5. The number of rotatable bonds is 29. The first-order valence-electron chi connectivity index (χ1n) is 21.1. The quantitative estimate of drug-likeness (QED) is 0.0110. The first-order valence-corrected chi connectivity index (χ1v) is 24.2. The molecular weight excluding hydrogens is 825 g/mol. The number of alkyl halides is 1. The molecule has 0 rings (SSSR count). The van der Waals surface area contributed by atoms with Crippen molar-refractivity contribution in [2.75, 3.05) is 37.7 Å². The number of aliphatic hydroxyl groups excluding tert-OH is 1. The van der Waals surface area contributed by atoms with E-state index >= 15 is 0 Å². The van der Waals surface area contributed by atoms with Gasteiger partial charge in [-0.2, -0.15) is 11.8 Å². The SMILES string of the molecule is C=C(C(=O)OCC)C(O)CCCCCCCC.C=CC(=O)OCC.CCCCCCCC/C=C(\CBr)C(=O)OCC.CCCCCCCCC=O.CSC.[B]=NS. The Morgan fingerprint density at radius 1 is 0.719 bits per heavy atom. The van der Waals surface area contributed by atoms with E-state index in [1.807, 2.05) is 25.5 Å². The van der Waals surface area contributed by atoms with Gasteiger partial charge in [0.15, 0.2) is 0 Å². The maximum absolute atomic E-state index is 11.5. The number of thiol groups is 1. The molecule has 1 radical (unpaired) electrons. The zero-order valence-electron chi connectivity index (χ0n) is 37.5. The van der Waals surface area contributed by atoms with Crippen molar-refractivity contribution in [1.82, 2.24) is 0 Å². The summed E-state index contributed by atoms with van der Waals surface area (Å²) in [4.78, 5) is 42.7. The van der Waals surface area contributed by atoms with Gasteiger partial charge in [-0.05, 0) is 59.0 Å². The van der Waals surface area contributed by atoms with Crippen LogP contribution in [0.4, 0.5) is 0 Å². The molecule has 0 aliphatic heterocycles. The standard InChI is InChI=1S/C14H25BrO2.C14H26O3.C9H18O.C5H8O2.C2H6S.BHNS/c1-3-5-6-7-8-9-10-11-13(12-15)14(16)17-4-2;1-4-6-7-8-9-10-11-13(15)12(3)14(16)17-5-2;1-2-3-4-5-6-7-8-9-10;1-3-5(6)7-4-2;1-3-2;1-2-3/h11H,3-10,12H2,1-2H3;13,15H,3-11H2,1-2H3;9H,2-8H2,1H3;3H,1,4H2,2H3;1-2H3;3H/b13-11+;;;;;. The normalized spacial score (nSPS) is 10.2. The molecule has 0 aromatic rings. The number of ether oxygens (including phenoxy) is 3. The Bertz CT molecular complexity index is 942. The number of hydrogen-bond donors (Lipinski definition) is 2. The summed E-state index contributed by atoms with van der Waals surface area (Å²) in [5.41, 5.74) is 0.931. The fourth-order valence-electron chi connectivity index (χ4n) is 4.48. The van der Waals surface area contributed by atoms with Crippen LogP contribution in [0.5, 0.6) is 0 Å². The minimum atomic E-state index is -0.750. The monoisotopic (exact) mass is 908 g/mol. The van der Waals surface area contributed by atoms with E-state index in [1.165, 1.54) is 96.3 Å². The van der Waals surface area contributed by atoms with Gasteiger partial charge in [0.05, 0.1) is 31.5 Å². The number of carbonyl (C=O) groups excluding carboxylic acids is 4. The Morgan fingerprint density at radius 2 is 1.09 bits per heavy atom. The molecule has 9 nitrogen and oxygen atoms in total. The Labute approximate surface area is 370 Å². The molecule has 1 unspecified atom stereocenters. The van der Waals surface area contributed by atoms with E-state index < -0.39 is 12.1 Å². The van der Waals surface area contributed by atoms with Crippen LogP contribution in [0.15, 0.2) is 40.8 Å². The molecule has 1 atom stereocenters. The summed E-state index contributed by atoms with van der Waals surface area (Å²) in [6, 6.07) is 0. The number of aldehydes is 1. The molecule has 0 heterocycles. The van der Waals surface area contributed by atoms with Gasteiger partial charge in [-0.25, -0.2) is 14.4 Å². The molecule has 0 amide bonds. The number of esters is 3. The van der Waals surface area contributed by atoms with E-state index in [-0.39, 0.29) is 17.5 Å². The average molecular weight is 910 g/mol. The number of allylic oxidation sites excluding steroid dienone is 1. The van der Waals surface area contributed by atoms with Crippen LogP contribution in [0.1, 0.15) is 176 Å². The van der Waals surface area contributed by atoms with Crippen molar-refractivity contribution in [2.45, 2.75) is 182 Å². The molecule has 0 aliphatic rings. The topological polar surface area (TPSA) is 129 Å². The second-order valence-corrected chi connectivity index (χ2v) is 14.3. The van der Waals surface area contributed by atoms with Crippen LogP contribution >= 0.6 is 40.5 Å². The Morgan fingerprint density at radius 3 is 1.44 bits per heavy atom. The van der Waals surface area contributed by atoms with E-state index in [9.17, 15) is 24.3 Å². The molecule has 0 aromatic heterocycles. The number of hydrogen-bond acceptors (Lipinski definition) is 11. The van der Waals surface area contributed by atoms with Gasteiger partial charge in [0, 0.05) is 23.4 Å². The van der Waals surface area contributed by atoms with Crippen molar-refractivity contribution in [2.24, 2.45) is 4.30 Å². The van der Waals surface area contributed by atoms with E-state index in [1.54, 1.807) is 25.6 Å². The number of unbranched alkanes of at least 4 members (excludes halogenated alkanes) is 17. The van der Waals surface area contributed by atoms with Crippen LogP contribution in [-0.2, 0) is 33.4 Å². The van der Waals surface area contributed by atoms with Gasteiger partial charge in [0.2, 0.25) is 0 Å². The predicted octanol–water partition coefficient (Wildman–Crippen LogP) is 12.7. The van der Waals surface area contributed by atoms with Crippen LogP contribution in [-0.4, -0.2) is 80.7 Å². The molecule has 0 aliphatic carbocycles. The number of carbonyl (C=O) groups is 4. The molecule has 0 bridgehead atoms. The van der Waals surface area contributed by atoms with Gasteiger partial charge in [0.25, 0.3) is 0 Å². The second-order valence-electron chi connectivity index (χ2n) is 12.7. The van der Waals surface area contributed by atoms with Crippen molar-refractivity contribution < 1.29 is 38.5 Å². The molecule has 0 fully saturated rings. The van der Waals surface area contributed by atoms with Crippen molar-refractivity contribution >= 4 is 72.3 Å². The third-order valence-electron chi connectivity index (χ3n) is 7.53. The van der Waals surface area contributed by atoms with E-state index in [0.717, 1.165) is 50.0 Å². The van der Waals surface area contributed by atoms with E-state index in [4.69, 9.17) is 9.47 Å². The average Bonchev–Trinajstić information content (AvgIpc) is 3.20. The van der Waals surface area contributed by atoms with Crippen molar-refractivity contribution in [1.29, 1.82) is 0 Å². The molecule has 0 saturated carbocycles. The predicted molar refractivity (Wildman–Crippen MR) is 254 cm³/mol. The van der Waals surface area contributed by atoms with Crippen LogP contribution < -0.4 is 0 Å². The first kappa shape index (κ1) is 67.1. The van der Waals surface area contributed by atoms with Crippen LogP contribution in [0.3, 0.4) is 0 Å². The summed E-state index contributed by atoms with van der Waals surface area (Å²) < 4.78 is 16.9. The van der Waals surface area contributed by atoms with Crippen LogP contribution in [0.25, 0.3) is 0 Å². The third-order valence-corrected chi connectivity index (χ3v) is 8.13. The molecular formula is C44H84BBrNO8S2. The van der Waals surface area contributed by atoms with E-state index in [0.29, 0.717) is 31.6 Å². The van der Waals surface area contributed by atoms with Crippen LogP contribution in [0, 0.1) is 0 Å². The molecule has 0 spiro atoms. The zero-order chi connectivity index (χ0) is 44.8. The van der Waals surface area contributed by atoms with Gasteiger partial charge >= 0.3 is 42.7 Å². The molecule has 57 heavy (non-hydrogen) atoms. The number of aliphatic hydroxyl groups is 1. The van der Waals surface area contributed by atoms with Gasteiger partial charge in [-0.3, -0.25) is 0 Å². The van der Waals surface area contributed by atoms with Gasteiger partial charge in [0.1, 0.15) is 6.29 Å². The van der Waals surface area contributed by atoms with E-state index in [2.05, 4.69) is 79.4 Å². The van der Waals surface area contributed by atoms with Gasteiger partial charge < -0.3 is 24.1 Å². The first-order chi connectivity index (χ1) is 27.4. The molecule has 0 aromatic carbocycles. The summed E-state index contributed by atoms with van der Waals surface area (Å²) >= 11 is 8.26. The summed E-state index contributed by atoms with van der Waals surface area (Å²) in [6.07, 6.45) is 32.2. The summed E-state index contributed by atoms with van der Waals surface area (Å²) in [6.45, 7) is 19.9. The molecule has 13 heteroatoms. The van der Waals surface area contributed by atoms with Crippen molar-refractivity contribution in [3.63, 3.8) is 0 Å². The number of halogens is 1. The molecule has 0 saturated heterocycles. The fraction of sp³-hybridized carbons (Fsp3) is 0.773. The van der Waals surface area contributed by atoms with Gasteiger partial charge in [-0.1, -0.05) is 159 Å². The molecule has 1 N–H and O–H groups in total. The number of nitrogens with zero attached hydrogens (tertiary/aromatic N) is 1. The number of thioether (sulfide) groups is 1. The zero-order valence-corrected chi connectivity index (χ0v) is 40.8. The minimum absolute atomic E-state index is 0.181. The van der Waals surface area contributed by atoms with Crippen molar-refractivity contribution in [3.8, 4) is 0 Å². The Kier molecular flexibility index (Phi) is 74.7. The summed E-state index contributed by atoms with van der Waals surface area (Å²) in [5.74, 6) is -1.02. The Hall–Kier alpha value is -1.70. The summed E-state index contributed by atoms with van der Waals surface area (Å²) in [7, 11) is 4.34. The van der Waals surface area contributed by atoms with Crippen LogP contribution in [0.2, 0.25) is 0 Å². The molecule has 335 valence electrons. The Balaban J connectivity index is -0.000000151. The fourth-order valence-corrected chi connectivity index (χ4v) is 4.94. The van der Waals surface area contributed by atoms with Crippen molar-refractivity contribution in [3.05, 3.63) is 36.5 Å². The third kappa shape index (κ3) is 66.4.